The van der Waals surface area contributed by atoms with Gasteiger partial charge in [-0.2, -0.15) is 0 Å². The third-order valence-corrected chi connectivity index (χ3v) is 13.0. The van der Waals surface area contributed by atoms with Crippen LogP contribution in [0.1, 0.15) is 25.1 Å². The first-order valence-electron chi connectivity index (χ1n) is 18.2. The first-order chi connectivity index (χ1) is 25.6. The van der Waals surface area contributed by atoms with Crippen molar-refractivity contribution in [1.82, 2.24) is 4.48 Å². The highest BCUT2D eigenvalue weighted by molar-refractivity contribution is 7.99. The summed E-state index contributed by atoms with van der Waals surface area (Å²) in [4.78, 5) is 7.59. The van der Waals surface area contributed by atoms with Gasteiger partial charge in [0.2, 0.25) is 0 Å². The van der Waals surface area contributed by atoms with Gasteiger partial charge in [-0.15, -0.1) is 0 Å². The topological polar surface area (TPSA) is 11.4 Å². The van der Waals surface area contributed by atoms with Crippen LogP contribution in [0.2, 0.25) is 0 Å². The molecule has 7 aromatic carbocycles. The van der Waals surface area contributed by atoms with Crippen LogP contribution in [0.5, 0.6) is 0 Å². The van der Waals surface area contributed by atoms with E-state index < -0.39 is 0 Å². The molecule has 244 valence electrons. The van der Waals surface area contributed by atoms with E-state index in [9.17, 15) is 0 Å². The number of hydrogen-bond acceptors (Lipinski definition) is 3. The number of fused-ring (bicyclic) bond motifs is 11. The Balaban J connectivity index is 1.25. The van der Waals surface area contributed by atoms with Gasteiger partial charge in [0.1, 0.15) is 0 Å². The van der Waals surface area contributed by atoms with Crippen molar-refractivity contribution in [3.8, 4) is 22.3 Å². The van der Waals surface area contributed by atoms with Crippen LogP contribution in [0, 0.1) is 0 Å². The second kappa shape index (κ2) is 10.1. The Morgan fingerprint density at radius 1 is 0.577 bits per heavy atom. The fourth-order valence-corrected chi connectivity index (χ4v) is 11.0. The van der Waals surface area contributed by atoms with Crippen molar-refractivity contribution in [1.29, 1.82) is 0 Å². The van der Waals surface area contributed by atoms with E-state index in [0.29, 0.717) is 0 Å². The van der Waals surface area contributed by atoms with Crippen LogP contribution in [0.15, 0.2) is 168 Å². The van der Waals surface area contributed by atoms with Crippen LogP contribution in [-0.4, -0.2) is 11.3 Å². The molecule has 0 atom stereocenters. The average Bonchev–Trinajstić information content (AvgIpc) is 3.66. The lowest BCUT2D eigenvalue weighted by molar-refractivity contribution is 0.632. The highest BCUT2D eigenvalue weighted by Gasteiger charge is 2.50. The largest absolute Gasteiger partial charge is 0.378 e. The molecule has 3 aliphatic heterocycles. The molecule has 0 N–H and O–H groups in total. The highest BCUT2D eigenvalue weighted by Crippen LogP contribution is 2.58. The third-order valence-electron chi connectivity index (χ3n) is 11.9. The molecule has 4 heterocycles. The van der Waals surface area contributed by atoms with E-state index in [1.165, 1.54) is 82.2 Å². The molecule has 52 heavy (non-hydrogen) atoms. The molecule has 0 bridgehead atoms. The van der Waals surface area contributed by atoms with Gasteiger partial charge in [0.15, 0.2) is 0 Å². The zero-order chi connectivity index (χ0) is 34.3. The molecule has 4 aliphatic rings. The Morgan fingerprint density at radius 3 is 2.06 bits per heavy atom. The Kier molecular flexibility index (Phi) is 5.59. The first kappa shape index (κ1) is 28.8. The molecular weight excluding hydrogens is 649 g/mol. The van der Waals surface area contributed by atoms with Gasteiger partial charge in [0.25, 0.3) is 0 Å². The standard InChI is InChI=1S/C47H32BN3S/c1-47(2)36-22-10-9-19-33(36)42-34-21-13-20-32-35-27-31(49(29-15-5-3-6-16-29)30-17-7-4-8-18-30)28-39-43(35)48(51(44(32)34)46(42)47)37-23-14-26-41-45(37)50(39)38-24-11-12-25-40(38)52-41/h3-28H,1-2H3. The molecule has 8 aromatic rings. The van der Waals surface area contributed by atoms with Crippen molar-refractivity contribution < 1.29 is 0 Å². The molecule has 0 radical (unpaired) electrons. The van der Waals surface area contributed by atoms with Crippen molar-refractivity contribution in [2.75, 3.05) is 9.80 Å². The predicted octanol–water partition coefficient (Wildman–Crippen LogP) is 11.3. The maximum atomic E-state index is 2.76. The molecule has 0 unspecified atom stereocenters. The fourth-order valence-electron chi connectivity index (χ4n) is 9.87. The second-order valence-corrected chi connectivity index (χ2v) is 16.0. The molecule has 1 aromatic heterocycles. The Bertz CT molecular complexity index is 2780. The molecule has 5 heteroatoms. The number of aromatic nitrogens is 1. The second-order valence-electron chi connectivity index (χ2n) is 14.9. The SMILES string of the molecule is CC1(C)c2ccccc2-c2c1n1c3c(cccc23)-c2cc(N(c3ccccc3)c3ccccc3)cc3c2B1c1cccc2c1N3c1ccccc1S2. The summed E-state index contributed by atoms with van der Waals surface area (Å²) in [6.07, 6.45) is 0. The molecule has 12 rings (SSSR count). The molecule has 0 fully saturated rings. The quantitative estimate of drug-likeness (QED) is 0.172. The summed E-state index contributed by atoms with van der Waals surface area (Å²) in [6, 6.07) is 58.6. The molecule has 0 saturated carbocycles. The minimum atomic E-state index is -0.162. The lowest BCUT2D eigenvalue weighted by Gasteiger charge is -2.45. The van der Waals surface area contributed by atoms with Gasteiger partial charge in [0.05, 0.1) is 11.4 Å². The van der Waals surface area contributed by atoms with E-state index in [0.717, 1.165) is 17.1 Å². The lowest BCUT2D eigenvalue weighted by Crippen LogP contribution is -2.58. The summed E-state index contributed by atoms with van der Waals surface area (Å²) < 4.78 is 2.76. The molecule has 3 nitrogen and oxygen atoms in total. The zero-order valence-corrected chi connectivity index (χ0v) is 29.7. The van der Waals surface area contributed by atoms with E-state index >= 15 is 0 Å². The summed E-state index contributed by atoms with van der Waals surface area (Å²) in [5.41, 5.74) is 19.4. The van der Waals surface area contributed by atoms with Gasteiger partial charge in [-0.3, -0.25) is 0 Å². The van der Waals surface area contributed by atoms with Crippen molar-refractivity contribution in [3.05, 3.63) is 169 Å². The monoisotopic (exact) mass is 681 g/mol. The van der Waals surface area contributed by atoms with Gasteiger partial charge in [-0.25, -0.2) is 0 Å². The number of hydrogen-bond donors (Lipinski definition) is 0. The van der Waals surface area contributed by atoms with Gasteiger partial charge >= 0.3 is 6.85 Å². The molecular formula is C47H32BN3S. The van der Waals surface area contributed by atoms with Crippen LogP contribution in [0.4, 0.5) is 34.1 Å². The van der Waals surface area contributed by atoms with Gasteiger partial charge in [-0.05, 0) is 82.2 Å². The van der Waals surface area contributed by atoms with Crippen LogP contribution in [-0.2, 0) is 5.41 Å². The van der Waals surface area contributed by atoms with Crippen LogP contribution >= 0.6 is 11.8 Å². The third kappa shape index (κ3) is 3.54. The van der Waals surface area contributed by atoms with Gasteiger partial charge in [0, 0.05) is 65.7 Å². The normalized spacial score (nSPS) is 14.7. The molecule has 0 spiro atoms. The summed E-state index contributed by atoms with van der Waals surface area (Å²) in [5.74, 6) is 0. The van der Waals surface area contributed by atoms with Crippen molar-refractivity contribution in [2.24, 2.45) is 0 Å². The number of para-hydroxylation sites is 5. The summed E-state index contributed by atoms with van der Waals surface area (Å²) >= 11 is 1.90. The molecule has 1 aliphatic carbocycles. The van der Waals surface area contributed by atoms with Crippen molar-refractivity contribution in [3.63, 3.8) is 0 Å². The molecule has 0 amide bonds. The van der Waals surface area contributed by atoms with Crippen LogP contribution in [0.3, 0.4) is 0 Å². The van der Waals surface area contributed by atoms with Gasteiger partial charge in [-0.1, -0.05) is 129 Å². The van der Waals surface area contributed by atoms with Crippen LogP contribution < -0.4 is 20.7 Å². The number of rotatable bonds is 3. The maximum Gasteiger partial charge on any atom is 0.332 e. The van der Waals surface area contributed by atoms with E-state index in [-0.39, 0.29) is 12.3 Å². The van der Waals surface area contributed by atoms with Crippen molar-refractivity contribution >= 4 is 74.6 Å². The summed E-state index contributed by atoms with van der Waals surface area (Å²) in [7, 11) is 0. The Labute approximate surface area is 307 Å². The lowest BCUT2D eigenvalue weighted by atomic mass is 9.44. The van der Waals surface area contributed by atoms with E-state index in [4.69, 9.17) is 0 Å². The highest BCUT2D eigenvalue weighted by atomic mass is 32.2. The summed E-state index contributed by atoms with van der Waals surface area (Å²) in [5, 5.41) is 1.35. The molecule has 0 saturated heterocycles. The number of nitrogens with zero attached hydrogens (tertiary/aromatic N) is 3. The fraction of sp³-hybridized carbons (Fsp3) is 0.0638. The van der Waals surface area contributed by atoms with E-state index in [1.807, 2.05) is 11.8 Å². The summed E-state index contributed by atoms with van der Waals surface area (Å²) in [6.45, 7) is 4.88. The maximum absolute atomic E-state index is 2.76. The first-order valence-corrected chi connectivity index (χ1v) is 19.0. The average molecular weight is 682 g/mol. The van der Waals surface area contributed by atoms with Gasteiger partial charge < -0.3 is 14.3 Å². The minimum absolute atomic E-state index is 0.0211. The number of anilines is 6. The minimum Gasteiger partial charge on any atom is -0.378 e. The Hall–Kier alpha value is -5.91. The van der Waals surface area contributed by atoms with E-state index in [2.05, 4.69) is 186 Å². The number of benzene rings is 7. The van der Waals surface area contributed by atoms with Crippen LogP contribution in [0.25, 0.3) is 33.2 Å². The zero-order valence-electron chi connectivity index (χ0n) is 28.8. The predicted molar refractivity (Wildman–Crippen MR) is 219 cm³/mol. The van der Waals surface area contributed by atoms with E-state index in [1.54, 1.807) is 0 Å². The Morgan fingerprint density at radius 2 is 1.25 bits per heavy atom. The van der Waals surface area contributed by atoms with Crippen molar-refractivity contribution in [2.45, 2.75) is 29.1 Å². The smallest absolute Gasteiger partial charge is 0.332 e.